The van der Waals surface area contributed by atoms with Crippen LogP contribution in [0.5, 0.6) is 0 Å². The van der Waals surface area contributed by atoms with Gasteiger partial charge < -0.3 is 33.4 Å². The van der Waals surface area contributed by atoms with E-state index in [1.165, 1.54) is 19.6 Å². The smallest absolute Gasteiger partial charge is 0.340 e. The number of hydrogen-bond acceptors (Lipinski definition) is 8. The topological polar surface area (TPSA) is 121 Å². The number of carbonyl (C=O) groups is 2. The quantitative estimate of drug-likeness (QED) is 0.603. The average Bonchev–Trinajstić information content (AvgIpc) is 3.61. The average molecular weight is 448 g/mol. The molecule has 0 saturated carbocycles. The van der Waals surface area contributed by atoms with Crippen molar-refractivity contribution in [1.82, 2.24) is 4.90 Å². The molecule has 1 unspecified atom stereocenters. The molecule has 0 aliphatic carbocycles. The van der Waals surface area contributed by atoms with E-state index in [4.69, 9.17) is 28.5 Å². The third-order valence-corrected chi connectivity index (χ3v) is 5.53. The van der Waals surface area contributed by atoms with Gasteiger partial charge in [0.15, 0.2) is 5.76 Å². The van der Waals surface area contributed by atoms with Gasteiger partial charge in [-0.2, -0.15) is 0 Å². The van der Waals surface area contributed by atoms with Gasteiger partial charge in [0.2, 0.25) is 5.88 Å². The molecule has 0 bridgehead atoms. The first-order valence-electron chi connectivity index (χ1n) is 10.2. The van der Waals surface area contributed by atoms with E-state index < -0.39 is 11.9 Å². The Hall–Kier alpha value is -4.40. The fourth-order valence-electron chi connectivity index (χ4n) is 4.11. The van der Waals surface area contributed by atoms with E-state index in [9.17, 15) is 9.59 Å². The van der Waals surface area contributed by atoms with Gasteiger partial charge in [0, 0.05) is 17.7 Å². The van der Waals surface area contributed by atoms with Crippen LogP contribution in [0.3, 0.4) is 0 Å². The lowest BCUT2D eigenvalue weighted by atomic mass is 9.82. The summed E-state index contributed by atoms with van der Waals surface area (Å²) >= 11 is 0. The molecule has 0 fully saturated rings. The van der Waals surface area contributed by atoms with Crippen molar-refractivity contribution < 1.29 is 32.3 Å². The molecule has 9 heteroatoms. The van der Waals surface area contributed by atoms with Crippen molar-refractivity contribution in [3.8, 4) is 0 Å². The Bertz CT molecular complexity index is 1260. The normalized spacial score (nSPS) is 19.5. The van der Waals surface area contributed by atoms with Gasteiger partial charge in [-0.05, 0) is 42.5 Å². The lowest BCUT2D eigenvalue weighted by molar-refractivity contribution is -0.136. The number of hydrogen-bond donors (Lipinski definition) is 1. The van der Waals surface area contributed by atoms with Crippen molar-refractivity contribution >= 4 is 18.0 Å². The zero-order valence-electron chi connectivity index (χ0n) is 17.6. The molecule has 1 amide bonds. The van der Waals surface area contributed by atoms with Crippen molar-refractivity contribution in [1.29, 1.82) is 0 Å². The van der Waals surface area contributed by atoms with E-state index in [0.717, 1.165) is 0 Å². The number of furan rings is 3. The van der Waals surface area contributed by atoms with Crippen LogP contribution < -0.4 is 5.73 Å². The van der Waals surface area contributed by atoms with Crippen molar-refractivity contribution in [2.45, 2.75) is 5.92 Å². The minimum absolute atomic E-state index is 0.0850. The SMILES string of the molecule is COC(=O)C1=C(N)OC2=C(CN(C(=O)c3ccco3)C/C2=C\c2ccco2)C1c1ccco1. The van der Waals surface area contributed by atoms with Crippen LogP contribution in [0.2, 0.25) is 0 Å². The Balaban J connectivity index is 1.66. The highest BCUT2D eigenvalue weighted by Crippen LogP contribution is 2.44. The largest absolute Gasteiger partial charge is 0.468 e. The minimum Gasteiger partial charge on any atom is -0.468 e. The number of amides is 1. The van der Waals surface area contributed by atoms with Crippen LogP contribution in [0.1, 0.15) is 28.0 Å². The molecule has 33 heavy (non-hydrogen) atoms. The number of ether oxygens (including phenoxy) is 2. The summed E-state index contributed by atoms with van der Waals surface area (Å²) < 4.78 is 27.4. The van der Waals surface area contributed by atoms with Gasteiger partial charge in [0.1, 0.15) is 22.9 Å². The third-order valence-electron chi connectivity index (χ3n) is 5.53. The fraction of sp³-hybridized carbons (Fsp3) is 0.167. The van der Waals surface area contributed by atoms with Gasteiger partial charge in [-0.25, -0.2) is 4.79 Å². The second kappa shape index (κ2) is 8.27. The molecule has 0 aromatic carbocycles. The number of carbonyl (C=O) groups excluding carboxylic acids is 2. The van der Waals surface area contributed by atoms with E-state index in [1.807, 2.05) is 0 Å². The first kappa shape index (κ1) is 20.5. The molecular weight excluding hydrogens is 428 g/mol. The maximum absolute atomic E-state index is 13.2. The molecule has 0 spiro atoms. The van der Waals surface area contributed by atoms with Crippen molar-refractivity contribution in [2.75, 3.05) is 20.2 Å². The zero-order chi connectivity index (χ0) is 22.9. The van der Waals surface area contributed by atoms with Crippen molar-refractivity contribution in [3.05, 3.63) is 101 Å². The predicted octanol–water partition coefficient (Wildman–Crippen LogP) is 3.42. The molecule has 3 aromatic rings. The van der Waals surface area contributed by atoms with Crippen LogP contribution in [-0.4, -0.2) is 37.0 Å². The number of nitrogens with zero attached hydrogens (tertiary/aromatic N) is 1. The molecule has 168 valence electrons. The second-order valence-electron chi connectivity index (χ2n) is 7.50. The molecule has 1 atom stereocenters. The highest BCUT2D eigenvalue weighted by atomic mass is 16.5. The summed E-state index contributed by atoms with van der Waals surface area (Å²) in [6.45, 7) is 0.369. The maximum atomic E-state index is 13.2. The first-order chi connectivity index (χ1) is 16.1. The van der Waals surface area contributed by atoms with Crippen LogP contribution in [0, 0.1) is 0 Å². The molecule has 3 aromatic heterocycles. The number of esters is 1. The molecule has 0 radical (unpaired) electrons. The van der Waals surface area contributed by atoms with E-state index in [1.54, 1.807) is 53.6 Å². The van der Waals surface area contributed by atoms with Crippen molar-refractivity contribution in [2.24, 2.45) is 5.73 Å². The fourth-order valence-corrected chi connectivity index (χ4v) is 4.11. The van der Waals surface area contributed by atoms with Gasteiger partial charge in [-0.15, -0.1) is 0 Å². The lowest BCUT2D eigenvalue weighted by Gasteiger charge is -2.37. The van der Waals surface area contributed by atoms with Gasteiger partial charge in [0.25, 0.3) is 5.91 Å². The van der Waals surface area contributed by atoms with Crippen LogP contribution in [-0.2, 0) is 14.3 Å². The third kappa shape index (κ3) is 3.63. The van der Waals surface area contributed by atoms with E-state index in [2.05, 4.69) is 0 Å². The summed E-state index contributed by atoms with van der Waals surface area (Å²) in [6.07, 6.45) is 6.26. The van der Waals surface area contributed by atoms with Crippen molar-refractivity contribution in [3.63, 3.8) is 0 Å². The summed E-state index contributed by atoms with van der Waals surface area (Å²) in [5.74, 6) is -0.0416. The van der Waals surface area contributed by atoms with Crippen LogP contribution in [0.4, 0.5) is 0 Å². The molecule has 2 aliphatic rings. The maximum Gasteiger partial charge on any atom is 0.340 e. The van der Waals surface area contributed by atoms with Crippen LogP contribution in [0.25, 0.3) is 6.08 Å². The summed E-state index contributed by atoms with van der Waals surface area (Å²) in [6, 6.07) is 10.2. The van der Waals surface area contributed by atoms with Gasteiger partial charge in [0.05, 0.1) is 38.4 Å². The zero-order valence-corrected chi connectivity index (χ0v) is 17.6. The Morgan fingerprint density at radius 2 is 1.82 bits per heavy atom. The predicted molar refractivity (Wildman–Crippen MR) is 114 cm³/mol. The Kier molecular flexibility index (Phi) is 5.14. The summed E-state index contributed by atoms with van der Waals surface area (Å²) in [5.41, 5.74) is 7.58. The van der Waals surface area contributed by atoms with Gasteiger partial charge >= 0.3 is 5.97 Å². The van der Waals surface area contributed by atoms with E-state index in [-0.39, 0.29) is 36.2 Å². The van der Waals surface area contributed by atoms with E-state index >= 15 is 0 Å². The lowest BCUT2D eigenvalue weighted by Crippen LogP contribution is -2.42. The molecule has 2 aliphatic heterocycles. The van der Waals surface area contributed by atoms with Crippen LogP contribution >= 0.6 is 0 Å². The highest BCUT2D eigenvalue weighted by molar-refractivity contribution is 5.94. The summed E-state index contributed by atoms with van der Waals surface area (Å²) in [5, 5.41) is 0. The summed E-state index contributed by atoms with van der Waals surface area (Å²) in [7, 11) is 1.27. The molecular formula is C24H20N2O7. The minimum atomic E-state index is -0.705. The number of nitrogens with two attached hydrogens (primary N) is 1. The molecule has 2 N–H and O–H groups in total. The highest BCUT2D eigenvalue weighted by Gasteiger charge is 2.43. The Morgan fingerprint density at radius 3 is 2.48 bits per heavy atom. The molecule has 0 saturated heterocycles. The number of rotatable bonds is 4. The van der Waals surface area contributed by atoms with E-state index in [0.29, 0.717) is 28.4 Å². The van der Waals surface area contributed by atoms with Gasteiger partial charge in [-0.1, -0.05) is 0 Å². The first-order valence-corrected chi connectivity index (χ1v) is 10.2. The molecule has 9 nitrogen and oxygen atoms in total. The van der Waals surface area contributed by atoms with Crippen LogP contribution in [0.15, 0.2) is 96.8 Å². The summed E-state index contributed by atoms with van der Waals surface area (Å²) in [4.78, 5) is 27.4. The Labute approximate surface area is 188 Å². The standard InChI is InChI=1S/C24H20N2O7/c1-29-24(28)20-19(17-6-3-9-31-17)16-13-26(23(27)18-7-4-10-32-18)12-14(21(16)33-22(20)25)11-15-5-2-8-30-15/h2-11,19H,12-13,25H2,1H3/b14-11+. The monoisotopic (exact) mass is 448 g/mol. The number of methoxy groups -OCH3 is 1. The Morgan fingerprint density at radius 1 is 1.06 bits per heavy atom. The molecule has 5 heterocycles. The van der Waals surface area contributed by atoms with Gasteiger partial charge in [-0.3, -0.25) is 4.79 Å². The second-order valence-corrected chi connectivity index (χ2v) is 7.50. The molecule has 5 rings (SSSR count).